The highest BCUT2D eigenvalue weighted by Gasteiger charge is 2.16. The number of nitrogens with zero attached hydrogens (tertiary/aromatic N) is 4. The van der Waals surface area contributed by atoms with E-state index in [9.17, 15) is 4.79 Å². The van der Waals surface area contributed by atoms with E-state index in [-0.39, 0.29) is 11.3 Å². The van der Waals surface area contributed by atoms with Gasteiger partial charge in [0.05, 0.1) is 11.4 Å². The molecule has 0 radical (unpaired) electrons. The van der Waals surface area contributed by atoms with Crippen molar-refractivity contribution in [3.63, 3.8) is 0 Å². The van der Waals surface area contributed by atoms with Crippen LogP contribution in [0.5, 0.6) is 0 Å². The highest BCUT2D eigenvalue weighted by molar-refractivity contribution is 5.91. The van der Waals surface area contributed by atoms with E-state index in [2.05, 4.69) is 36.1 Å². The van der Waals surface area contributed by atoms with Crippen molar-refractivity contribution < 1.29 is 4.79 Å². The van der Waals surface area contributed by atoms with Crippen molar-refractivity contribution >= 4 is 17.2 Å². The lowest BCUT2D eigenvalue weighted by Crippen LogP contribution is -2.19. The minimum atomic E-state index is -0.0582. The fourth-order valence-electron chi connectivity index (χ4n) is 3.22. The van der Waals surface area contributed by atoms with Crippen LogP contribution in [0.1, 0.15) is 27.2 Å². The minimum Gasteiger partial charge on any atom is -0.326 e. The van der Waals surface area contributed by atoms with Gasteiger partial charge in [-0.2, -0.15) is 5.10 Å². The minimum absolute atomic E-state index is 0.00795. The molecule has 0 bridgehead atoms. The van der Waals surface area contributed by atoms with Gasteiger partial charge in [-0.05, 0) is 35.7 Å². The molecule has 1 aromatic carbocycles. The molecule has 4 aromatic rings. The zero-order valence-electron chi connectivity index (χ0n) is 16.8. The first-order chi connectivity index (χ1) is 13.9. The Morgan fingerprint density at radius 1 is 1.00 bits per heavy atom. The van der Waals surface area contributed by atoms with E-state index in [0.717, 1.165) is 33.8 Å². The first kappa shape index (κ1) is 18.8. The number of carbonyl (C=O) groups is 1. The number of amides is 1. The summed E-state index contributed by atoms with van der Waals surface area (Å²) in [5, 5.41) is 7.73. The van der Waals surface area contributed by atoms with Crippen molar-refractivity contribution in [2.75, 3.05) is 5.32 Å². The number of benzene rings is 1. The van der Waals surface area contributed by atoms with Gasteiger partial charge in [-0.3, -0.25) is 9.78 Å². The van der Waals surface area contributed by atoms with Crippen LogP contribution >= 0.6 is 0 Å². The lowest BCUT2D eigenvalue weighted by atomic mass is 9.92. The smallest absolute Gasteiger partial charge is 0.224 e. The number of aromatic nitrogens is 4. The predicted molar refractivity (Wildman–Crippen MR) is 114 cm³/mol. The molecule has 0 aliphatic heterocycles. The Balaban J connectivity index is 1.68. The van der Waals surface area contributed by atoms with E-state index in [1.54, 1.807) is 18.6 Å². The summed E-state index contributed by atoms with van der Waals surface area (Å²) in [6.45, 7) is 6.15. The van der Waals surface area contributed by atoms with Crippen molar-refractivity contribution in [2.45, 2.75) is 27.2 Å². The normalized spacial score (nSPS) is 11.6. The number of anilines is 1. The van der Waals surface area contributed by atoms with Crippen LogP contribution in [0.3, 0.4) is 0 Å². The van der Waals surface area contributed by atoms with Crippen molar-refractivity contribution in [1.29, 1.82) is 0 Å². The number of hydrogen-bond acceptors (Lipinski definition) is 4. The Labute approximate surface area is 169 Å². The number of carbonyl (C=O) groups excluding carboxylic acids is 1. The Bertz CT molecular complexity index is 1160. The number of rotatable bonds is 4. The molecule has 1 amide bonds. The van der Waals surface area contributed by atoms with Crippen LogP contribution in [0.25, 0.3) is 28.2 Å². The number of fused-ring (bicyclic) bond motifs is 1. The summed E-state index contributed by atoms with van der Waals surface area (Å²) in [5.74, 6) is 0.00795. The Hall–Kier alpha value is -3.54. The van der Waals surface area contributed by atoms with E-state index in [0.29, 0.717) is 6.42 Å². The van der Waals surface area contributed by atoms with Gasteiger partial charge in [0.15, 0.2) is 5.65 Å². The summed E-state index contributed by atoms with van der Waals surface area (Å²) in [7, 11) is 0. The van der Waals surface area contributed by atoms with E-state index >= 15 is 0 Å². The van der Waals surface area contributed by atoms with E-state index in [1.165, 1.54) is 0 Å². The molecule has 0 saturated heterocycles. The van der Waals surface area contributed by atoms with Crippen LogP contribution in [0.4, 0.5) is 5.69 Å². The molecule has 4 rings (SSSR count). The number of pyridine rings is 1. The second kappa shape index (κ2) is 7.47. The van der Waals surface area contributed by atoms with Crippen LogP contribution in [0.15, 0.2) is 67.1 Å². The summed E-state index contributed by atoms with van der Waals surface area (Å²) in [5.41, 5.74) is 5.15. The highest BCUT2D eigenvalue weighted by Crippen LogP contribution is 2.26. The van der Waals surface area contributed by atoms with Gasteiger partial charge in [0.1, 0.15) is 0 Å². The van der Waals surface area contributed by atoms with Crippen LogP contribution in [0.2, 0.25) is 0 Å². The molecular formula is C23H23N5O. The molecule has 3 heterocycles. The maximum absolute atomic E-state index is 12.3. The molecule has 0 aliphatic rings. The van der Waals surface area contributed by atoms with Gasteiger partial charge < -0.3 is 5.32 Å². The molecule has 0 saturated carbocycles. The third kappa shape index (κ3) is 4.32. The fraction of sp³-hybridized carbons (Fsp3) is 0.217. The van der Waals surface area contributed by atoms with Gasteiger partial charge in [0, 0.05) is 47.9 Å². The van der Waals surface area contributed by atoms with Gasteiger partial charge >= 0.3 is 0 Å². The zero-order chi connectivity index (χ0) is 20.4. The van der Waals surface area contributed by atoms with Gasteiger partial charge in [-0.25, -0.2) is 9.50 Å². The van der Waals surface area contributed by atoms with E-state index in [1.807, 2.05) is 53.0 Å². The molecular weight excluding hydrogens is 362 g/mol. The molecule has 6 heteroatoms. The van der Waals surface area contributed by atoms with Gasteiger partial charge in [-0.15, -0.1) is 0 Å². The van der Waals surface area contributed by atoms with Gasteiger partial charge in [0.2, 0.25) is 5.91 Å². The van der Waals surface area contributed by atoms with Crippen molar-refractivity contribution in [3.8, 4) is 22.5 Å². The van der Waals surface area contributed by atoms with E-state index < -0.39 is 0 Å². The molecule has 146 valence electrons. The number of hydrogen-bond donors (Lipinski definition) is 1. The lowest BCUT2D eigenvalue weighted by molar-refractivity contribution is -0.117. The van der Waals surface area contributed by atoms with Gasteiger partial charge in [0.25, 0.3) is 0 Å². The van der Waals surface area contributed by atoms with Crippen LogP contribution < -0.4 is 5.32 Å². The third-order valence-electron chi connectivity index (χ3n) is 4.47. The highest BCUT2D eigenvalue weighted by atomic mass is 16.1. The van der Waals surface area contributed by atoms with Crippen LogP contribution in [0, 0.1) is 5.41 Å². The molecule has 0 aliphatic carbocycles. The summed E-state index contributed by atoms with van der Waals surface area (Å²) in [6.07, 6.45) is 5.73. The summed E-state index contributed by atoms with van der Waals surface area (Å²) in [4.78, 5) is 20.8. The van der Waals surface area contributed by atoms with Crippen molar-refractivity contribution in [2.24, 2.45) is 5.41 Å². The fourth-order valence-corrected chi connectivity index (χ4v) is 3.22. The maximum Gasteiger partial charge on any atom is 0.224 e. The molecule has 0 unspecified atom stereocenters. The molecule has 3 aromatic heterocycles. The Kier molecular flexibility index (Phi) is 4.84. The molecule has 1 N–H and O–H groups in total. The molecule has 0 spiro atoms. The topological polar surface area (TPSA) is 72.2 Å². The first-order valence-electron chi connectivity index (χ1n) is 9.54. The first-order valence-corrected chi connectivity index (χ1v) is 9.54. The van der Waals surface area contributed by atoms with Crippen molar-refractivity contribution in [3.05, 3.63) is 67.1 Å². The Morgan fingerprint density at radius 3 is 2.55 bits per heavy atom. The largest absolute Gasteiger partial charge is 0.326 e. The standard InChI is InChI=1S/C23H23N5O/c1-23(2,3)15-22(29)26-18-6-4-5-17(13-18)20-9-12-25-21-14-19(27-28(20)21)16-7-10-24-11-8-16/h4-14H,15H2,1-3H3,(H,26,29). The third-order valence-corrected chi connectivity index (χ3v) is 4.47. The molecule has 29 heavy (non-hydrogen) atoms. The average Bonchev–Trinajstić information content (AvgIpc) is 3.11. The predicted octanol–water partition coefficient (Wildman–Crippen LogP) is 4.83. The molecule has 6 nitrogen and oxygen atoms in total. The summed E-state index contributed by atoms with van der Waals surface area (Å²) >= 11 is 0. The molecule has 0 atom stereocenters. The monoisotopic (exact) mass is 385 g/mol. The number of nitrogens with one attached hydrogen (secondary N) is 1. The second-order valence-electron chi connectivity index (χ2n) is 8.23. The second-order valence-corrected chi connectivity index (χ2v) is 8.23. The van der Waals surface area contributed by atoms with Gasteiger partial charge in [-0.1, -0.05) is 32.9 Å². The quantitative estimate of drug-likeness (QED) is 0.546. The Morgan fingerprint density at radius 2 is 1.79 bits per heavy atom. The summed E-state index contributed by atoms with van der Waals surface area (Å²) in [6, 6.07) is 15.5. The van der Waals surface area contributed by atoms with Crippen LogP contribution in [-0.2, 0) is 4.79 Å². The SMILES string of the molecule is CC(C)(C)CC(=O)Nc1cccc(-c2ccnc3cc(-c4ccncc4)nn23)c1. The van der Waals surface area contributed by atoms with Crippen LogP contribution in [-0.4, -0.2) is 25.5 Å². The van der Waals surface area contributed by atoms with E-state index in [4.69, 9.17) is 5.10 Å². The average molecular weight is 385 g/mol. The van der Waals surface area contributed by atoms with Crippen molar-refractivity contribution in [1.82, 2.24) is 19.6 Å². The maximum atomic E-state index is 12.3. The summed E-state index contributed by atoms with van der Waals surface area (Å²) < 4.78 is 1.83. The zero-order valence-corrected chi connectivity index (χ0v) is 16.8. The lowest BCUT2D eigenvalue weighted by Gasteiger charge is -2.17. The molecule has 0 fully saturated rings.